The summed E-state index contributed by atoms with van der Waals surface area (Å²) in [6, 6.07) is 9.44. The maximum Gasteiger partial charge on any atom is 0.387 e. The van der Waals surface area contributed by atoms with Gasteiger partial charge < -0.3 is 14.4 Å². The van der Waals surface area contributed by atoms with Crippen LogP contribution in [0.5, 0.6) is 11.5 Å². The molecule has 1 aliphatic heterocycles. The summed E-state index contributed by atoms with van der Waals surface area (Å²) in [5.41, 5.74) is 1.73. The molecule has 0 bridgehead atoms. The Morgan fingerprint density at radius 3 is 2.72 bits per heavy atom. The SMILES string of the molecule is CC1CN(C(=Nc2cc(OC(F)F)ccc2OCCCN(C)C)NC#N)N=C1c1ccc(Cl)c(Cl)c1. The molecule has 1 unspecified atom stereocenters. The van der Waals surface area contributed by atoms with Gasteiger partial charge in [0.15, 0.2) is 6.19 Å². The number of hydrogen-bond acceptors (Lipinski definition) is 6. The largest absolute Gasteiger partial charge is 0.491 e. The van der Waals surface area contributed by atoms with Crippen LogP contribution in [0.25, 0.3) is 0 Å². The van der Waals surface area contributed by atoms with Gasteiger partial charge >= 0.3 is 6.61 Å². The van der Waals surface area contributed by atoms with E-state index in [0.29, 0.717) is 28.9 Å². The molecule has 2 aromatic carbocycles. The number of guanidine groups is 1. The molecular formula is C24H26Cl2F2N6O2. The molecule has 8 nitrogen and oxygen atoms in total. The highest BCUT2D eigenvalue weighted by atomic mass is 35.5. The molecule has 0 aromatic heterocycles. The number of alkyl halides is 2. The zero-order valence-electron chi connectivity index (χ0n) is 20.0. The minimum Gasteiger partial charge on any atom is -0.491 e. The van der Waals surface area contributed by atoms with Gasteiger partial charge in [0.05, 0.1) is 28.9 Å². The lowest BCUT2D eigenvalue weighted by Gasteiger charge is -2.17. The maximum absolute atomic E-state index is 12.8. The van der Waals surface area contributed by atoms with Gasteiger partial charge in [-0.05, 0) is 50.3 Å². The van der Waals surface area contributed by atoms with Gasteiger partial charge in [0.25, 0.3) is 0 Å². The standard InChI is InChI=1S/C24H26Cl2F2N6O2/c1-15-13-34(32-22(15)16-5-7-18(25)19(26)11-16)24(30-14-29)31-20-12-17(36-23(27)28)6-8-21(20)35-10-4-9-33(2)3/h5-8,11-12,15,23H,4,9-10,13H2,1-3H3,(H,30,31). The Bertz CT molecular complexity index is 1170. The second-order valence-corrected chi connectivity index (χ2v) is 9.10. The number of halogens is 4. The Morgan fingerprint density at radius 2 is 2.06 bits per heavy atom. The highest BCUT2D eigenvalue weighted by Gasteiger charge is 2.28. The normalized spacial score (nSPS) is 15.8. The Kier molecular flexibility index (Phi) is 9.70. The van der Waals surface area contributed by atoms with E-state index in [1.54, 1.807) is 12.1 Å². The lowest BCUT2D eigenvalue weighted by Crippen LogP contribution is -2.35. The third kappa shape index (κ3) is 7.43. The quantitative estimate of drug-likeness (QED) is 0.152. The summed E-state index contributed by atoms with van der Waals surface area (Å²) in [6.45, 7) is 0.585. The fourth-order valence-electron chi connectivity index (χ4n) is 3.51. The molecule has 2 aromatic rings. The van der Waals surface area contributed by atoms with Crippen molar-refractivity contribution in [3.8, 4) is 17.7 Å². The van der Waals surface area contributed by atoms with Crippen molar-refractivity contribution in [1.29, 1.82) is 5.26 Å². The smallest absolute Gasteiger partial charge is 0.387 e. The zero-order valence-corrected chi connectivity index (χ0v) is 21.5. The number of ether oxygens (including phenoxy) is 2. The van der Waals surface area contributed by atoms with Crippen LogP contribution in [0, 0.1) is 17.4 Å². The predicted octanol–water partition coefficient (Wildman–Crippen LogP) is 5.34. The minimum atomic E-state index is -3.00. The topological polar surface area (TPSA) is 85.5 Å². The van der Waals surface area contributed by atoms with E-state index >= 15 is 0 Å². The molecule has 0 fully saturated rings. The second kappa shape index (κ2) is 12.7. The number of benzene rings is 2. The van der Waals surface area contributed by atoms with Crippen LogP contribution in [-0.4, -0.2) is 62.0 Å². The average Bonchev–Trinajstić information content (AvgIpc) is 3.20. The fourth-order valence-corrected chi connectivity index (χ4v) is 3.80. The summed E-state index contributed by atoms with van der Waals surface area (Å²) in [5, 5.41) is 18.9. The molecule has 1 atom stereocenters. The van der Waals surface area contributed by atoms with Gasteiger partial charge in [-0.2, -0.15) is 19.1 Å². The first kappa shape index (κ1) is 27.5. The molecule has 0 aliphatic carbocycles. The van der Waals surface area contributed by atoms with Crippen molar-refractivity contribution >= 4 is 40.6 Å². The molecule has 0 saturated heterocycles. The maximum atomic E-state index is 12.8. The van der Waals surface area contributed by atoms with E-state index in [9.17, 15) is 14.0 Å². The van der Waals surface area contributed by atoms with E-state index in [1.165, 1.54) is 23.2 Å². The van der Waals surface area contributed by atoms with E-state index < -0.39 is 6.61 Å². The molecule has 0 spiro atoms. The summed E-state index contributed by atoms with van der Waals surface area (Å²) in [4.78, 5) is 6.52. The Hall–Kier alpha value is -3.13. The van der Waals surface area contributed by atoms with Crippen LogP contribution in [0.3, 0.4) is 0 Å². The van der Waals surface area contributed by atoms with Crippen molar-refractivity contribution in [2.75, 3.05) is 33.8 Å². The third-order valence-electron chi connectivity index (χ3n) is 5.16. The first-order valence-corrected chi connectivity index (χ1v) is 11.8. The van der Waals surface area contributed by atoms with Crippen molar-refractivity contribution in [3.63, 3.8) is 0 Å². The number of hydrogen-bond donors (Lipinski definition) is 1. The van der Waals surface area contributed by atoms with E-state index in [1.807, 2.05) is 38.2 Å². The second-order valence-electron chi connectivity index (χ2n) is 8.28. The summed E-state index contributed by atoms with van der Waals surface area (Å²) >= 11 is 12.2. The lowest BCUT2D eigenvalue weighted by molar-refractivity contribution is -0.0498. The summed E-state index contributed by atoms with van der Waals surface area (Å²) < 4.78 is 36.0. The summed E-state index contributed by atoms with van der Waals surface area (Å²) in [7, 11) is 3.91. The first-order chi connectivity index (χ1) is 17.2. The molecule has 0 amide bonds. The highest BCUT2D eigenvalue weighted by Crippen LogP contribution is 2.34. The minimum absolute atomic E-state index is 0.0248. The zero-order chi connectivity index (χ0) is 26.2. The summed E-state index contributed by atoms with van der Waals surface area (Å²) in [6.07, 6.45) is 2.60. The van der Waals surface area contributed by atoms with E-state index in [4.69, 9.17) is 27.9 Å². The number of nitrogens with zero attached hydrogens (tertiary/aromatic N) is 5. The summed E-state index contributed by atoms with van der Waals surface area (Å²) in [5.74, 6) is 0.346. The fraction of sp³-hybridized carbons (Fsp3) is 0.375. The molecular weight excluding hydrogens is 513 g/mol. The van der Waals surface area contributed by atoms with Crippen LogP contribution in [0.15, 0.2) is 46.5 Å². The average molecular weight is 539 g/mol. The molecule has 192 valence electrons. The monoisotopic (exact) mass is 538 g/mol. The third-order valence-corrected chi connectivity index (χ3v) is 5.90. The Balaban J connectivity index is 1.94. The van der Waals surface area contributed by atoms with Gasteiger partial charge in [0, 0.05) is 18.5 Å². The van der Waals surface area contributed by atoms with Crippen LogP contribution in [-0.2, 0) is 0 Å². The molecule has 1 aliphatic rings. The van der Waals surface area contributed by atoms with E-state index in [-0.39, 0.29) is 23.3 Å². The highest BCUT2D eigenvalue weighted by molar-refractivity contribution is 6.42. The van der Waals surface area contributed by atoms with Crippen LogP contribution in [0.4, 0.5) is 14.5 Å². The van der Waals surface area contributed by atoms with Crippen molar-refractivity contribution in [2.45, 2.75) is 20.0 Å². The van der Waals surface area contributed by atoms with Gasteiger partial charge in [-0.15, -0.1) is 0 Å². The van der Waals surface area contributed by atoms with E-state index in [0.717, 1.165) is 24.2 Å². The van der Waals surface area contributed by atoms with Gasteiger partial charge in [0.2, 0.25) is 5.96 Å². The lowest BCUT2D eigenvalue weighted by atomic mass is 9.99. The Morgan fingerprint density at radius 1 is 1.28 bits per heavy atom. The van der Waals surface area contributed by atoms with Crippen LogP contribution in [0.1, 0.15) is 18.9 Å². The molecule has 3 rings (SSSR count). The van der Waals surface area contributed by atoms with Gasteiger partial charge in [-0.25, -0.2) is 10.0 Å². The van der Waals surface area contributed by atoms with Crippen LogP contribution >= 0.6 is 23.2 Å². The first-order valence-electron chi connectivity index (χ1n) is 11.1. The number of rotatable bonds is 9. The van der Waals surface area contributed by atoms with Gasteiger partial charge in [-0.1, -0.05) is 36.2 Å². The molecule has 1 N–H and O–H groups in total. The van der Waals surface area contributed by atoms with Crippen LogP contribution < -0.4 is 14.8 Å². The predicted molar refractivity (Wildman–Crippen MR) is 136 cm³/mol. The number of aliphatic imine (C=N–C) groups is 1. The van der Waals surface area contributed by atoms with Gasteiger partial charge in [0.1, 0.15) is 17.2 Å². The number of nitriles is 1. The molecule has 1 heterocycles. The molecule has 36 heavy (non-hydrogen) atoms. The molecule has 12 heteroatoms. The molecule has 0 saturated carbocycles. The number of nitrogens with one attached hydrogen (secondary N) is 1. The van der Waals surface area contributed by atoms with Gasteiger partial charge in [-0.3, -0.25) is 5.32 Å². The Labute approximate surface area is 218 Å². The van der Waals surface area contributed by atoms with Crippen LogP contribution in [0.2, 0.25) is 10.0 Å². The molecule has 0 radical (unpaired) electrons. The van der Waals surface area contributed by atoms with Crippen molar-refractivity contribution in [2.24, 2.45) is 16.0 Å². The van der Waals surface area contributed by atoms with Crippen molar-refractivity contribution < 1.29 is 18.3 Å². The van der Waals surface area contributed by atoms with E-state index in [2.05, 4.69) is 20.1 Å². The van der Waals surface area contributed by atoms with Crippen molar-refractivity contribution in [3.05, 3.63) is 52.0 Å². The van der Waals surface area contributed by atoms with Crippen molar-refractivity contribution in [1.82, 2.24) is 15.2 Å². The number of hydrazone groups is 1.